The molecule has 0 aromatic heterocycles. The summed E-state index contributed by atoms with van der Waals surface area (Å²) < 4.78 is 5.61. The highest BCUT2D eigenvalue weighted by Gasteiger charge is 2.11. The molecule has 1 heteroatoms. The molecule has 0 saturated heterocycles. The minimum Gasteiger partial charge on any atom is -0.489 e. The summed E-state index contributed by atoms with van der Waals surface area (Å²) in [7, 11) is 0. The van der Waals surface area contributed by atoms with Crippen molar-refractivity contribution >= 4 is 5.57 Å². The second-order valence-electron chi connectivity index (χ2n) is 4.28. The second-order valence-corrected chi connectivity index (χ2v) is 4.28. The Hall–Kier alpha value is -2.02. The molecule has 0 fully saturated rings. The van der Waals surface area contributed by atoms with Crippen molar-refractivity contribution in [3.05, 3.63) is 60.2 Å². The Bertz CT molecular complexity index is 567. The topological polar surface area (TPSA) is 9.23 Å². The van der Waals surface area contributed by atoms with E-state index in [4.69, 9.17) is 4.74 Å². The van der Waals surface area contributed by atoms with Gasteiger partial charge in [0.25, 0.3) is 0 Å². The zero-order valence-corrected chi connectivity index (χ0v) is 9.81. The standard InChI is InChI=1S/C16H14O/c1-12-9-10-17-16-8-7-14(11-15(12)16)13-5-3-2-4-6-13/h2-9,11H,10H2,1H3. The van der Waals surface area contributed by atoms with Crippen molar-refractivity contribution in [3.63, 3.8) is 0 Å². The fourth-order valence-corrected chi connectivity index (χ4v) is 2.14. The summed E-state index contributed by atoms with van der Waals surface area (Å²) in [6.07, 6.45) is 2.12. The van der Waals surface area contributed by atoms with Gasteiger partial charge in [0.05, 0.1) is 0 Å². The summed E-state index contributed by atoms with van der Waals surface area (Å²) in [6, 6.07) is 16.8. The molecule has 84 valence electrons. The molecule has 0 amide bonds. The third-order valence-electron chi connectivity index (χ3n) is 3.14. The number of hydrogen-bond donors (Lipinski definition) is 0. The van der Waals surface area contributed by atoms with E-state index in [1.165, 1.54) is 22.3 Å². The Labute approximate surface area is 101 Å². The van der Waals surface area contributed by atoms with Gasteiger partial charge in [-0.1, -0.05) is 36.4 Å². The quantitative estimate of drug-likeness (QED) is 0.704. The third kappa shape index (κ3) is 1.84. The van der Waals surface area contributed by atoms with Gasteiger partial charge in [-0.25, -0.2) is 0 Å². The SMILES string of the molecule is CC1=CCOc2ccc(-c3ccccc3)cc21. The molecule has 0 spiro atoms. The molecule has 1 nitrogen and oxygen atoms in total. The number of ether oxygens (including phenoxy) is 1. The minimum atomic E-state index is 0.684. The smallest absolute Gasteiger partial charge is 0.127 e. The zero-order valence-electron chi connectivity index (χ0n) is 9.81. The molecule has 0 N–H and O–H groups in total. The van der Waals surface area contributed by atoms with Crippen LogP contribution in [0.4, 0.5) is 0 Å². The molecule has 0 atom stereocenters. The first kappa shape index (κ1) is 10.2. The molecule has 0 saturated carbocycles. The molecular formula is C16H14O. The number of fused-ring (bicyclic) bond motifs is 1. The summed E-state index contributed by atoms with van der Waals surface area (Å²) in [5.74, 6) is 0.990. The Morgan fingerprint density at radius 3 is 2.59 bits per heavy atom. The Kier molecular flexibility index (Phi) is 2.45. The van der Waals surface area contributed by atoms with Crippen LogP contribution in [0, 0.1) is 0 Å². The molecule has 2 aromatic carbocycles. The molecule has 0 radical (unpaired) electrons. The normalized spacial score (nSPS) is 13.6. The maximum Gasteiger partial charge on any atom is 0.127 e. The van der Waals surface area contributed by atoms with Gasteiger partial charge in [0.1, 0.15) is 12.4 Å². The van der Waals surface area contributed by atoms with E-state index in [-0.39, 0.29) is 0 Å². The monoisotopic (exact) mass is 222 g/mol. The Morgan fingerprint density at radius 2 is 1.76 bits per heavy atom. The molecule has 1 aliphatic rings. The molecule has 3 rings (SSSR count). The zero-order chi connectivity index (χ0) is 11.7. The number of hydrogen-bond acceptors (Lipinski definition) is 1. The number of benzene rings is 2. The van der Waals surface area contributed by atoms with E-state index in [0.29, 0.717) is 6.61 Å². The average molecular weight is 222 g/mol. The molecule has 17 heavy (non-hydrogen) atoms. The fraction of sp³-hybridized carbons (Fsp3) is 0.125. The van der Waals surface area contributed by atoms with E-state index in [9.17, 15) is 0 Å². The first-order valence-corrected chi connectivity index (χ1v) is 5.84. The Balaban J connectivity index is 2.11. The number of rotatable bonds is 1. The first-order valence-electron chi connectivity index (χ1n) is 5.84. The van der Waals surface area contributed by atoms with Crippen molar-refractivity contribution in [1.82, 2.24) is 0 Å². The van der Waals surface area contributed by atoms with E-state index in [1.807, 2.05) is 6.07 Å². The first-order chi connectivity index (χ1) is 8.34. The van der Waals surface area contributed by atoms with Gasteiger partial charge in [0, 0.05) is 5.56 Å². The summed E-state index contributed by atoms with van der Waals surface area (Å²) in [4.78, 5) is 0. The van der Waals surface area contributed by atoms with Crippen molar-refractivity contribution in [2.45, 2.75) is 6.92 Å². The van der Waals surface area contributed by atoms with Gasteiger partial charge in [0.15, 0.2) is 0 Å². The van der Waals surface area contributed by atoms with Crippen molar-refractivity contribution in [1.29, 1.82) is 0 Å². The van der Waals surface area contributed by atoms with E-state index >= 15 is 0 Å². The van der Waals surface area contributed by atoms with Crippen LogP contribution in [-0.2, 0) is 0 Å². The predicted octanol–water partition coefficient (Wildman–Crippen LogP) is 4.15. The summed E-state index contributed by atoms with van der Waals surface area (Å²) >= 11 is 0. The van der Waals surface area contributed by atoms with E-state index < -0.39 is 0 Å². The molecule has 1 heterocycles. The highest BCUT2D eigenvalue weighted by molar-refractivity contribution is 5.76. The van der Waals surface area contributed by atoms with Crippen molar-refractivity contribution in [2.24, 2.45) is 0 Å². The van der Waals surface area contributed by atoms with Gasteiger partial charge in [-0.3, -0.25) is 0 Å². The third-order valence-corrected chi connectivity index (χ3v) is 3.14. The number of allylic oxidation sites excluding steroid dienone is 1. The maximum absolute atomic E-state index is 5.61. The van der Waals surface area contributed by atoms with Crippen molar-refractivity contribution in [2.75, 3.05) is 6.61 Å². The lowest BCUT2D eigenvalue weighted by molar-refractivity contribution is 0.357. The lowest BCUT2D eigenvalue weighted by Crippen LogP contribution is -2.03. The van der Waals surface area contributed by atoms with Crippen LogP contribution in [0.5, 0.6) is 5.75 Å². The van der Waals surface area contributed by atoms with Gasteiger partial charge in [-0.05, 0) is 41.8 Å². The largest absolute Gasteiger partial charge is 0.489 e. The van der Waals surface area contributed by atoms with Crippen LogP contribution in [-0.4, -0.2) is 6.61 Å². The molecule has 0 aliphatic carbocycles. The van der Waals surface area contributed by atoms with Gasteiger partial charge in [-0.15, -0.1) is 0 Å². The molecule has 2 aromatic rings. The van der Waals surface area contributed by atoms with Gasteiger partial charge >= 0.3 is 0 Å². The van der Waals surface area contributed by atoms with Gasteiger partial charge in [-0.2, -0.15) is 0 Å². The van der Waals surface area contributed by atoms with Crippen LogP contribution in [0.25, 0.3) is 16.7 Å². The molecule has 0 unspecified atom stereocenters. The lowest BCUT2D eigenvalue weighted by atomic mass is 9.98. The predicted molar refractivity (Wildman–Crippen MR) is 71.0 cm³/mol. The van der Waals surface area contributed by atoms with Gasteiger partial charge < -0.3 is 4.74 Å². The fourth-order valence-electron chi connectivity index (χ4n) is 2.14. The maximum atomic E-state index is 5.61. The second kappa shape index (κ2) is 4.10. The summed E-state index contributed by atoms with van der Waals surface area (Å²) in [6.45, 7) is 2.82. The molecule has 1 aliphatic heterocycles. The highest BCUT2D eigenvalue weighted by Crippen LogP contribution is 2.33. The van der Waals surface area contributed by atoms with Crippen LogP contribution < -0.4 is 4.74 Å². The van der Waals surface area contributed by atoms with Crippen LogP contribution in [0.15, 0.2) is 54.6 Å². The summed E-state index contributed by atoms with van der Waals surface area (Å²) in [5, 5.41) is 0. The van der Waals surface area contributed by atoms with Crippen LogP contribution in [0.1, 0.15) is 12.5 Å². The van der Waals surface area contributed by atoms with E-state index in [1.54, 1.807) is 0 Å². The van der Waals surface area contributed by atoms with Crippen molar-refractivity contribution in [3.8, 4) is 16.9 Å². The minimum absolute atomic E-state index is 0.684. The van der Waals surface area contributed by atoms with Crippen LogP contribution in [0.3, 0.4) is 0 Å². The van der Waals surface area contributed by atoms with Crippen molar-refractivity contribution < 1.29 is 4.74 Å². The highest BCUT2D eigenvalue weighted by atomic mass is 16.5. The van der Waals surface area contributed by atoms with E-state index in [0.717, 1.165) is 5.75 Å². The van der Waals surface area contributed by atoms with Gasteiger partial charge in [0.2, 0.25) is 0 Å². The van der Waals surface area contributed by atoms with Crippen LogP contribution in [0.2, 0.25) is 0 Å². The summed E-state index contributed by atoms with van der Waals surface area (Å²) in [5.41, 5.74) is 4.98. The molecular weight excluding hydrogens is 208 g/mol. The van der Waals surface area contributed by atoms with Crippen LogP contribution >= 0.6 is 0 Å². The van der Waals surface area contributed by atoms with E-state index in [2.05, 4.69) is 55.5 Å². The Morgan fingerprint density at radius 1 is 0.941 bits per heavy atom. The lowest BCUT2D eigenvalue weighted by Gasteiger charge is -2.17. The molecule has 0 bridgehead atoms. The average Bonchev–Trinajstić information content (AvgIpc) is 2.40.